The van der Waals surface area contributed by atoms with Crippen LogP contribution in [0.4, 0.5) is 0 Å². The van der Waals surface area contributed by atoms with Crippen molar-refractivity contribution in [2.24, 2.45) is 0 Å². The molecule has 2 aromatic rings. The van der Waals surface area contributed by atoms with Gasteiger partial charge in [0.2, 0.25) is 0 Å². The number of rotatable bonds is 2. The van der Waals surface area contributed by atoms with Crippen LogP contribution in [-0.4, -0.2) is 5.43 Å². The van der Waals surface area contributed by atoms with Crippen molar-refractivity contribution in [2.45, 2.75) is 75.5 Å². The SMILES string of the molecule is Cc1ccc2c(c1)[CH]([Zr+2]([C]1=CC=CC1)=[Si](C(C)(C)C)C(C)(C)C)c1cc(C)ccc1-2.[Cl-].[Cl-]. The van der Waals surface area contributed by atoms with Gasteiger partial charge in [-0.3, -0.25) is 0 Å². The topological polar surface area (TPSA) is 0 Å². The quantitative estimate of drug-likeness (QED) is 0.494. The van der Waals surface area contributed by atoms with Crippen LogP contribution in [0.25, 0.3) is 11.1 Å². The van der Waals surface area contributed by atoms with Gasteiger partial charge in [-0.05, 0) is 0 Å². The smallest absolute Gasteiger partial charge is 1.00 e. The van der Waals surface area contributed by atoms with Crippen molar-refractivity contribution in [1.82, 2.24) is 0 Å². The zero-order valence-corrected chi connectivity index (χ0v) is 25.7. The molecule has 0 amide bonds. The first-order valence-corrected chi connectivity index (χ1v) is 19.1. The number of hydrogen-bond donors (Lipinski definition) is 0. The summed E-state index contributed by atoms with van der Waals surface area (Å²) in [5, 5.41) is 0.801. The van der Waals surface area contributed by atoms with Gasteiger partial charge in [0.15, 0.2) is 0 Å². The van der Waals surface area contributed by atoms with Crippen LogP contribution in [0.15, 0.2) is 57.9 Å². The molecule has 0 saturated carbocycles. The van der Waals surface area contributed by atoms with Crippen molar-refractivity contribution in [3.05, 3.63) is 80.2 Å². The second-order valence-electron chi connectivity index (χ2n) is 11.2. The zero-order valence-electron chi connectivity index (χ0n) is 20.7. The molecule has 0 unspecified atom stereocenters. The fourth-order valence-electron chi connectivity index (χ4n) is 5.88. The monoisotopic (exact) mass is 560 g/mol. The molecule has 0 saturated heterocycles. The Morgan fingerprint density at radius 1 is 0.781 bits per heavy atom. The summed E-state index contributed by atoms with van der Waals surface area (Å²) in [6.45, 7) is 19.8. The van der Waals surface area contributed by atoms with Crippen molar-refractivity contribution in [3.8, 4) is 11.1 Å². The summed E-state index contributed by atoms with van der Waals surface area (Å²) in [7, 11) is 0. The molecule has 0 heterocycles. The van der Waals surface area contributed by atoms with Crippen LogP contribution in [0, 0.1) is 13.8 Å². The van der Waals surface area contributed by atoms with Crippen LogP contribution in [0.5, 0.6) is 0 Å². The van der Waals surface area contributed by atoms with E-state index in [0.717, 1.165) is 0 Å². The van der Waals surface area contributed by atoms with Crippen molar-refractivity contribution in [1.29, 1.82) is 0 Å². The Balaban J connectivity index is 0.00000181. The van der Waals surface area contributed by atoms with Crippen molar-refractivity contribution < 1.29 is 45.2 Å². The van der Waals surface area contributed by atoms with Crippen LogP contribution < -0.4 is 24.8 Å². The van der Waals surface area contributed by atoms with Gasteiger partial charge in [-0.15, -0.1) is 0 Å². The molecular weight excluding hydrogens is 527 g/mol. The van der Waals surface area contributed by atoms with E-state index < -0.39 is 25.8 Å². The van der Waals surface area contributed by atoms with E-state index in [0.29, 0.717) is 13.7 Å². The summed E-state index contributed by atoms with van der Waals surface area (Å²) in [5.41, 5.74) is 8.53. The summed E-state index contributed by atoms with van der Waals surface area (Å²) >= 11 is -2.11. The normalized spacial score (nSPS) is 14.5. The van der Waals surface area contributed by atoms with Gasteiger partial charge < -0.3 is 24.8 Å². The van der Waals surface area contributed by atoms with E-state index in [4.69, 9.17) is 0 Å². The summed E-state index contributed by atoms with van der Waals surface area (Å²) in [6, 6.07) is 14.5. The predicted octanol–water partition coefficient (Wildman–Crippen LogP) is 2.43. The molecule has 2 aliphatic carbocycles. The minimum Gasteiger partial charge on any atom is -1.00 e. The average molecular weight is 563 g/mol. The van der Waals surface area contributed by atoms with Crippen LogP contribution in [0.2, 0.25) is 10.1 Å². The first-order chi connectivity index (χ1) is 14.0. The van der Waals surface area contributed by atoms with Crippen molar-refractivity contribution in [2.75, 3.05) is 0 Å². The molecule has 4 rings (SSSR count). The third-order valence-electron chi connectivity index (χ3n) is 6.50. The summed E-state index contributed by atoms with van der Waals surface area (Å²) < 4.78 is 2.51. The molecule has 0 nitrogen and oxygen atoms in total. The maximum Gasteiger partial charge on any atom is -1.00 e. The van der Waals surface area contributed by atoms with Gasteiger partial charge in [0.05, 0.1) is 0 Å². The number of hydrogen-bond acceptors (Lipinski definition) is 0. The van der Waals surface area contributed by atoms with Gasteiger partial charge in [0.1, 0.15) is 0 Å². The Bertz CT molecular complexity index is 1040. The number of halogens is 2. The molecular formula is C28H36Cl2SiZr. The minimum absolute atomic E-state index is 0. The minimum atomic E-state index is -2.11. The van der Waals surface area contributed by atoms with Crippen LogP contribution in [-0.2, 0) is 20.4 Å². The van der Waals surface area contributed by atoms with Crippen LogP contribution in [0.3, 0.4) is 0 Å². The Kier molecular flexibility index (Phi) is 8.76. The molecule has 4 heteroatoms. The van der Waals surface area contributed by atoms with E-state index >= 15 is 0 Å². The maximum atomic E-state index is 2.54. The maximum absolute atomic E-state index is 2.54. The summed E-state index contributed by atoms with van der Waals surface area (Å²) in [5.74, 6) is 0. The molecule has 2 aromatic carbocycles. The Morgan fingerprint density at radius 3 is 1.62 bits per heavy atom. The van der Waals surface area contributed by atoms with Crippen molar-refractivity contribution >= 4 is 5.43 Å². The molecule has 0 aliphatic heterocycles. The van der Waals surface area contributed by atoms with Gasteiger partial charge in [0.25, 0.3) is 0 Å². The molecule has 0 atom stereocenters. The zero-order chi connectivity index (χ0) is 21.8. The van der Waals surface area contributed by atoms with Gasteiger partial charge in [-0.2, -0.15) is 0 Å². The first kappa shape index (κ1) is 27.8. The second-order valence-corrected chi connectivity index (χ2v) is 26.9. The van der Waals surface area contributed by atoms with Gasteiger partial charge >= 0.3 is 193 Å². The number of allylic oxidation sites excluding steroid dienone is 4. The fourth-order valence-corrected chi connectivity index (χ4v) is 34.8. The number of aryl methyl sites for hydroxylation is 2. The standard InChI is InChI=1S/C15H13.C8H18Si.C5H5.2ClH.Zr/c1-10-3-5-14-12(7-10)9-13-8-11(2)4-6-15(13)14;1-7(2,3)9-8(4,5)6;1-2-4-5-3-1;;;/h3-9H,1-2H3;1-6H3;1-3H,4H2;2*1H;/q;;;;;+2/p-2. The molecule has 0 N–H and O–H groups in total. The molecule has 170 valence electrons. The van der Waals surface area contributed by atoms with E-state index in [1.54, 1.807) is 11.1 Å². The van der Waals surface area contributed by atoms with Gasteiger partial charge in [0, 0.05) is 0 Å². The third kappa shape index (κ3) is 5.14. The molecule has 2 aliphatic rings. The largest absolute Gasteiger partial charge is 1.00 e. The van der Waals surface area contributed by atoms with E-state index in [1.807, 2.05) is 3.28 Å². The predicted molar refractivity (Wildman–Crippen MR) is 130 cm³/mol. The average Bonchev–Trinajstić information content (AvgIpc) is 3.23. The molecule has 32 heavy (non-hydrogen) atoms. The van der Waals surface area contributed by atoms with E-state index in [1.165, 1.54) is 28.7 Å². The molecule has 0 radical (unpaired) electrons. The third-order valence-corrected chi connectivity index (χ3v) is 34.2. The molecule has 0 aromatic heterocycles. The van der Waals surface area contributed by atoms with Crippen LogP contribution in [0.1, 0.15) is 73.8 Å². The number of fused-ring (bicyclic) bond motifs is 3. The Labute approximate surface area is 216 Å². The van der Waals surface area contributed by atoms with Gasteiger partial charge in [-0.25, -0.2) is 0 Å². The fraction of sp³-hybridized carbons (Fsp3) is 0.429. The summed E-state index contributed by atoms with van der Waals surface area (Å²) in [4.78, 5) is 0. The molecule has 0 bridgehead atoms. The van der Waals surface area contributed by atoms with Gasteiger partial charge in [-0.1, -0.05) is 0 Å². The summed E-state index contributed by atoms with van der Waals surface area (Å²) in [6.07, 6.45) is 8.47. The number of benzene rings is 2. The van der Waals surface area contributed by atoms with E-state index in [2.05, 4.69) is 110 Å². The second kappa shape index (κ2) is 10.1. The molecule has 0 spiro atoms. The Morgan fingerprint density at radius 2 is 1.25 bits per heavy atom. The molecule has 0 fully saturated rings. The Hall–Kier alpha value is -0.400. The first-order valence-electron chi connectivity index (χ1n) is 11.3. The van der Waals surface area contributed by atoms with Crippen LogP contribution >= 0.6 is 0 Å². The van der Waals surface area contributed by atoms with E-state index in [9.17, 15) is 0 Å². The van der Waals surface area contributed by atoms with Crippen molar-refractivity contribution in [3.63, 3.8) is 0 Å². The van der Waals surface area contributed by atoms with E-state index in [-0.39, 0.29) is 24.8 Å².